The van der Waals surface area contributed by atoms with Gasteiger partial charge in [-0.2, -0.15) is 0 Å². The molecule has 1 aromatic rings. The molecule has 80 valence electrons. The Morgan fingerprint density at radius 1 is 1.67 bits per heavy atom. The number of terminal acetylenes is 1. The van der Waals surface area contributed by atoms with Gasteiger partial charge in [0, 0.05) is 24.8 Å². The van der Waals surface area contributed by atoms with Gasteiger partial charge in [-0.1, -0.05) is 5.92 Å². The minimum Gasteiger partial charge on any atom is -0.343 e. The number of aromatic nitrogens is 1. The SMILES string of the molecule is C#CCN(CC)c1nccc(CN)c1F. The van der Waals surface area contributed by atoms with Gasteiger partial charge in [-0.15, -0.1) is 6.42 Å². The Bertz CT molecular complexity index is 371. The summed E-state index contributed by atoms with van der Waals surface area (Å²) in [5.74, 6) is 2.37. The normalized spacial score (nSPS) is 9.73. The highest BCUT2D eigenvalue weighted by Gasteiger charge is 2.13. The molecular formula is C11H14FN3. The minimum absolute atomic E-state index is 0.162. The molecule has 0 unspecified atom stereocenters. The molecule has 1 rings (SSSR count). The molecule has 0 aliphatic rings. The van der Waals surface area contributed by atoms with E-state index < -0.39 is 0 Å². The van der Waals surface area contributed by atoms with Crippen LogP contribution in [-0.4, -0.2) is 18.1 Å². The van der Waals surface area contributed by atoms with Gasteiger partial charge in [-0.25, -0.2) is 9.37 Å². The second-order valence-electron chi connectivity index (χ2n) is 3.03. The maximum atomic E-state index is 13.8. The van der Waals surface area contributed by atoms with Crippen molar-refractivity contribution in [2.24, 2.45) is 5.73 Å². The van der Waals surface area contributed by atoms with Crippen LogP contribution >= 0.6 is 0 Å². The van der Waals surface area contributed by atoms with E-state index in [2.05, 4.69) is 10.9 Å². The monoisotopic (exact) mass is 207 g/mol. The van der Waals surface area contributed by atoms with Crippen LogP contribution in [-0.2, 0) is 6.54 Å². The summed E-state index contributed by atoms with van der Waals surface area (Å²) in [6.45, 7) is 3.01. The molecule has 4 heteroatoms. The first-order valence-corrected chi connectivity index (χ1v) is 4.76. The van der Waals surface area contributed by atoms with Gasteiger partial charge < -0.3 is 10.6 Å². The first-order chi connectivity index (χ1) is 7.24. The number of hydrogen-bond donors (Lipinski definition) is 1. The summed E-state index contributed by atoms with van der Waals surface area (Å²) in [6.07, 6.45) is 6.74. The second kappa shape index (κ2) is 5.32. The molecule has 0 fully saturated rings. The fraction of sp³-hybridized carbons (Fsp3) is 0.364. The minimum atomic E-state index is -0.378. The van der Waals surface area contributed by atoms with Crippen LogP contribution in [0.3, 0.4) is 0 Å². The zero-order chi connectivity index (χ0) is 11.3. The van der Waals surface area contributed by atoms with E-state index in [0.717, 1.165) is 0 Å². The van der Waals surface area contributed by atoms with E-state index in [-0.39, 0.29) is 18.2 Å². The van der Waals surface area contributed by atoms with Gasteiger partial charge in [0.1, 0.15) is 0 Å². The predicted octanol–water partition coefficient (Wildman–Crippen LogP) is 1.14. The van der Waals surface area contributed by atoms with Crippen molar-refractivity contribution in [1.29, 1.82) is 0 Å². The highest BCUT2D eigenvalue weighted by molar-refractivity contribution is 5.44. The Balaban J connectivity index is 3.07. The molecule has 0 aliphatic carbocycles. The molecule has 0 atom stereocenters. The van der Waals surface area contributed by atoms with Crippen molar-refractivity contribution in [3.05, 3.63) is 23.6 Å². The van der Waals surface area contributed by atoms with E-state index >= 15 is 0 Å². The van der Waals surface area contributed by atoms with Crippen molar-refractivity contribution >= 4 is 5.82 Å². The number of rotatable bonds is 4. The molecule has 0 aliphatic heterocycles. The number of anilines is 1. The quantitative estimate of drug-likeness (QED) is 0.753. The molecule has 15 heavy (non-hydrogen) atoms. The smallest absolute Gasteiger partial charge is 0.170 e. The molecule has 1 aromatic heterocycles. The second-order valence-corrected chi connectivity index (χ2v) is 3.03. The van der Waals surface area contributed by atoms with Crippen molar-refractivity contribution in [2.75, 3.05) is 18.0 Å². The summed E-state index contributed by atoms with van der Waals surface area (Å²) in [7, 11) is 0. The number of nitrogens with zero attached hydrogens (tertiary/aromatic N) is 2. The van der Waals surface area contributed by atoms with E-state index in [0.29, 0.717) is 18.7 Å². The first-order valence-electron chi connectivity index (χ1n) is 4.76. The highest BCUT2D eigenvalue weighted by Crippen LogP contribution is 2.18. The van der Waals surface area contributed by atoms with E-state index in [4.69, 9.17) is 12.2 Å². The van der Waals surface area contributed by atoms with Crippen LogP contribution in [0.1, 0.15) is 12.5 Å². The Hall–Kier alpha value is -1.60. The number of halogens is 1. The third kappa shape index (κ3) is 2.45. The molecule has 3 nitrogen and oxygen atoms in total. The average molecular weight is 207 g/mol. The lowest BCUT2D eigenvalue weighted by molar-refractivity contribution is 0.598. The van der Waals surface area contributed by atoms with E-state index in [9.17, 15) is 4.39 Å². The molecule has 0 amide bonds. The summed E-state index contributed by atoms with van der Waals surface area (Å²) in [5, 5.41) is 0. The van der Waals surface area contributed by atoms with Gasteiger partial charge >= 0.3 is 0 Å². The van der Waals surface area contributed by atoms with Gasteiger partial charge in [0.15, 0.2) is 11.6 Å². The van der Waals surface area contributed by atoms with E-state index in [1.165, 1.54) is 0 Å². The summed E-state index contributed by atoms with van der Waals surface area (Å²) < 4.78 is 13.8. The molecule has 0 aromatic carbocycles. The lowest BCUT2D eigenvalue weighted by Crippen LogP contribution is -2.25. The van der Waals surface area contributed by atoms with Crippen molar-refractivity contribution < 1.29 is 4.39 Å². The van der Waals surface area contributed by atoms with Crippen LogP contribution in [0.2, 0.25) is 0 Å². The van der Waals surface area contributed by atoms with Gasteiger partial charge in [0.05, 0.1) is 6.54 Å². The van der Waals surface area contributed by atoms with Crippen LogP contribution in [0.25, 0.3) is 0 Å². The lowest BCUT2D eigenvalue weighted by atomic mass is 10.2. The maximum Gasteiger partial charge on any atom is 0.170 e. The number of nitrogens with two attached hydrogens (primary N) is 1. The van der Waals surface area contributed by atoms with Gasteiger partial charge in [-0.05, 0) is 13.0 Å². The van der Waals surface area contributed by atoms with Gasteiger partial charge in [-0.3, -0.25) is 0 Å². The average Bonchev–Trinajstić information content (AvgIpc) is 2.27. The zero-order valence-corrected chi connectivity index (χ0v) is 8.70. The summed E-state index contributed by atoms with van der Waals surface area (Å²) in [4.78, 5) is 5.67. The van der Waals surface area contributed by atoms with Crippen LogP contribution < -0.4 is 10.6 Å². The summed E-state index contributed by atoms with van der Waals surface area (Å²) >= 11 is 0. The molecule has 0 spiro atoms. The van der Waals surface area contributed by atoms with Crippen molar-refractivity contribution in [1.82, 2.24) is 4.98 Å². The highest BCUT2D eigenvalue weighted by atomic mass is 19.1. The van der Waals surface area contributed by atoms with Crippen LogP contribution in [0.5, 0.6) is 0 Å². The third-order valence-electron chi connectivity index (χ3n) is 2.13. The summed E-state index contributed by atoms with van der Waals surface area (Å²) in [6, 6.07) is 1.57. The Morgan fingerprint density at radius 3 is 2.93 bits per heavy atom. The van der Waals surface area contributed by atoms with Crippen molar-refractivity contribution in [3.8, 4) is 12.3 Å². The molecule has 1 heterocycles. The van der Waals surface area contributed by atoms with Crippen molar-refractivity contribution in [2.45, 2.75) is 13.5 Å². The molecule has 0 saturated carbocycles. The zero-order valence-electron chi connectivity index (χ0n) is 8.70. The lowest BCUT2D eigenvalue weighted by Gasteiger charge is -2.20. The van der Waals surface area contributed by atoms with E-state index in [1.807, 2.05) is 6.92 Å². The Kier molecular flexibility index (Phi) is 4.07. The first kappa shape index (κ1) is 11.5. The molecule has 2 N–H and O–H groups in total. The standard InChI is InChI=1S/C11H14FN3/c1-3-7-15(4-2)11-10(12)9(8-13)5-6-14-11/h1,5-6H,4,7-8,13H2,2H3. The number of hydrogen-bond acceptors (Lipinski definition) is 3. The van der Waals surface area contributed by atoms with Gasteiger partial charge in [0.25, 0.3) is 0 Å². The van der Waals surface area contributed by atoms with Gasteiger partial charge in [0.2, 0.25) is 0 Å². The largest absolute Gasteiger partial charge is 0.343 e. The van der Waals surface area contributed by atoms with Crippen LogP contribution in [0.15, 0.2) is 12.3 Å². The molecule has 0 bridgehead atoms. The topological polar surface area (TPSA) is 42.2 Å². The van der Waals surface area contributed by atoms with Crippen LogP contribution in [0.4, 0.5) is 10.2 Å². The summed E-state index contributed by atoms with van der Waals surface area (Å²) in [5.41, 5.74) is 5.86. The molecule has 0 radical (unpaired) electrons. The van der Waals surface area contributed by atoms with E-state index in [1.54, 1.807) is 17.2 Å². The molecular weight excluding hydrogens is 193 g/mol. The Labute approximate surface area is 89.1 Å². The van der Waals surface area contributed by atoms with Crippen molar-refractivity contribution in [3.63, 3.8) is 0 Å². The fourth-order valence-electron chi connectivity index (χ4n) is 1.30. The third-order valence-corrected chi connectivity index (χ3v) is 2.13. The van der Waals surface area contributed by atoms with Crippen LogP contribution in [0, 0.1) is 18.2 Å². The Morgan fingerprint density at radius 2 is 2.40 bits per heavy atom. The molecule has 0 saturated heterocycles. The predicted molar refractivity (Wildman–Crippen MR) is 58.8 cm³/mol. The number of pyridine rings is 1. The maximum absolute atomic E-state index is 13.8. The fourth-order valence-corrected chi connectivity index (χ4v) is 1.30.